The van der Waals surface area contributed by atoms with Crippen LogP contribution in [0.4, 0.5) is 0 Å². The van der Waals surface area contributed by atoms with Crippen LogP contribution in [-0.4, -0.2) is 104 Å². The first kappa shape index (κ1) is 26.3. The summed E-state index contributed by atoms with van der Waals surface area (Å²) in [5.74, 6) is -1.82. The van der Waals surface area contributed by atoms with Crippen molar-refractivity contribution >= 4 is 12.0 Å². The molecule has 36 heavy (non-hydrogen) atoms. The average Bonchev–Trinajstić information content (AvgIpc) is 3.16. The summed E-state index contributed by atoms with van der Waals surface area (Å²) in [5.41, 5.74) is -1.05. The van der Waals surface area contributed by atoms with E-state index in [1.165, 1.54) is 30.4 Å². The molecule has 0 spiro atoms. The molecule has 2 heterocycles. The third-order valence-corrected chi connectivity index (χ3v) is 6.39. The number of aliphatic hydroxyl groups is 6. The van der Waals surface area contributed by atoms with Crippen molar-refractivity contribution in [2.75, 3.05) is 13.2 Å². The molecule has 1 aliphatic carbocycles. The summed E-state index contributed by atoms with van der Waals surface area (Å²) in [5, 5.41) is 70.3. The van der Waals surface area contributed by atoms with Crippen molar-refractivity contribution < 1.29 is 59.5 Å². The fraction of sp³-hybridized carbons (Fsp3) is 0.458. The van der Waals surface area contributed by atoms with Gasteiger partial charge in [-0.15, -0.1) is 0 Å². The Morgan fingerprint density at radius 2 is 1.78 bits per heavy atom. The number of hydrogen-bond acceptors (Lipinski definition) is 12. The van der Waals surface area contributed by atoms with Gasteiger partial charge in [-0.25, -0.2) is 4.79 Å². The highest BCUT2D eigenvalue weighted by Crippen LogP contribution is 2.45. The molecule has 3 aliphatic rings. The predicted octanol–water partition coefficient (Wildman–Crippen LogP) is -1.72. The van der Waals surface area contributed by atoms with Crippen LogP contribution < -0.4 is 0 Å². The van der Waals surface area contributed by atoms with Crippen molar-refractivity contribution in [3.05, 3.63) is 59.9 Å². The Hall–Kier alpha value is -2.81. The summed E-state index contributed by atoms with van der Waals surface area (Å²) in [6, 6.07) is 6.08. The van der Waals surface area contributed by atoms with Crippen molar-refractivity contribution in [1.29, 1.82) is 0 Å². The van der Waals surface area contributed by atoms with Crippen LogP contribution in [0, 0.1) is 5.92 Å². The number of hydrogen-bond donors (Lipinski definition) is 7. The minimum absolute atomic E-state index is 0.0717. The number of aromatic hydroxyl groups is 1. The Morgan fingerprint density at radius 3 is 2.44 bits per heavy atom. The maximum absolute atomic E-state index is 12.5. The molecule has 1 fully saturated rings. The molecule has 12 nitrogen and oxygen atoms in total. The molecular formula is C24H28O12. The third kappa shape index (κ3) is 5.03. The zero-order valence-electron chi connectivity index (χ0n) is 18.9. The Kier molecular flexibility index (Phi) is 7.78. The molecule has 1 saturated heterocycles. The maximum Gasteiger partial charge on any atom is 0.331 e. The van der Waals surface area contributed by atoms with Gasteiger partial charge in [0, 0.05) is 6.08 Å². The van der Waals surface area contributed by atoms with Crippen LogP contribution in [0.2, 0.25) is 0 Å². The van der Waals surface area contributed by atoms with E-state index >= 15 is 0 Å². The molecule has 0 amide bonds. The second-order valence-corrected chi connectivity index (χ2v) is 8.69. The number of esters is 1. The van der Waals surface area contributed by atoms with Crippen LogP contribution in [-0.2, 0) is 23.7 Å². The van der Waals surface area contributed by atoms with Crippen molar-refractivity contribution in [2.24, 2.45) is 5.92 Å². The van der Waals surface area contributed by atoms with Crippen molar-refractivity contribution in [2.45, 2.75) is 48.7 Å². The number of carbonyl (C=O) groups is 1. The molecule has 9 atom stereocenters. The fourth-order valence-electron chi connectivity index (χ4n) is 4.42. The highest BCUT2D eigenvalue weighted by molar-refractivity contribution is 5.87. The van der Waals surface area contributed by atoms with Crippen LogP contribution >= 0.6 is 0 Å². The minimum atomic E-state index is -1.89. The van der Waals surface area contributed by atoms with Gasteiger partial charge in [0.2, 0.25) is 6.29 Å². The van der Waals surface area contributed by atoms with Crippen molar-refractivity contribution in [1.82, 2.24) is 0 Å². The second kappa shape index (κ2) is 10.7. The molecule has 2 aliphatic heterocycles. The summed E-state index contributed by atoms with van der Waals surface area (Å²) >= 11 is 0. The summed E-state index contributed by atoms with van der Waals surface area (Å²) in [6.45, 7) is -1.21. The first-order valence-corrected chi connectivity index (χ1v) is 11.2. The molecule has 0 bridgehead atoms. The number of phenolic OH excluding ortho intramolecular Hbond substituents is 1. The van der Waals surface area contributed by atoms with Gasteiger partial charge in [-0.05, 0) is 41.5 Å². The van der Waals surface area contributed by atoms with Gasteiger partial charge in [-0.1, -0.05) is 12.1 Å². The van der Waals surface area contributed by atoms with Crippen LogP contribution in [0.5, 0.6) is 5.75 Å². The number of aliphatic hydroxyl groups excluding tert-OH is 5. The summed E-state index contributed by atoms with van der Waals surface area (Å²) in [4.78, 5) is 12.5. The number of carbonyl (C=O) groups excluding carboxylic acids is 1. The van der Waals surface area contributed by atoms with Gasteiger partial charge in [-0.2, -0.15) is 0 Å². The Labute approximate surface area is 205 Å². The largest absolute Gasteiger partial charge is 0.508 e. The van der Waals surface area contributed by atoms with E-state index in [1.54, 1.807) is 12.1 Å². The zero-order valence-corrected chi connectivity index (χ0v) is 18.9. The highest BCUT2D eigenvalue weighted by Gasteiger charge is 2.57. The Morgan fingerprint density at radius 1 is 1.06 bits per heavy atom. The van der Waals surface area contributed by atoms with Gasteiger partial charge in [0.25, 0.3) is 0 Å². The lowest BCUT2D eigenvalue weighted by atomic mass is 9.83. The normalized spacial score (nSPS) is 37.9. The third-order valence-electron chi connectivity index (χ3n) is 6.39. The molecule has 7 N–H and O–H groups in total. The average molecular weight is 508 g/mol. The molecular weight excluding hydrogens is 480 g/mol. The Bertz CT molecular complexity index is 1020. The minimum Gasteiger partial charge on any atom is -0.508 e. The summed E-state index contributed by atoms with van der Waals surface area (Å²) in [6.07, 6.45) is -4.08. The number of phenols is 1. The van der Waals surface area contributed by atoms with Gasteiger partial charge < -0.3 is 54.7 Å². The molecule has 0 aromatic heterocycles. The van der Waals surface area contributed by atoms with E-state index in [-0.39, 0.29) is 11.3 Å². The molecule has 0 unspecified atom stereocenters. The lowest BCUT2D eigenvalue weighted by Gasteiger charge is -2.44. The number of fused-ring (bicyclic) bond motifs is 1. The number of rotatable bonds is 7. The Balaban J connectivity index is 1.49. The maximum atomic E-state index is 12.5. The molecule has 0 saturated carbocycles. The first-order valence-electron chi connectivity index (χ1n) is 11.2. The fourth-order valence-corrected chi connectivity index (χ4v) is 4.42. The smallest absolute Gasteiger partial charge is 0.331 e. The van der Waals surface area contributed by atoms with Crippen LogP contribution in [0.25, 0.3) is 6.08 Å². The quantitative estimate of drug-likeness (QED) is 0.125. The molecule has 1 aromatic carbocycles. The van der Waals surface area contributed by atoms with Gasteiger partial charge in [0.15, 0.2) is 12.4 Å². The monoisotopic (exact) mass is 508 g/mol. The van der Waals surface area contributed by atoms with Crippen LogP contribution in [0.15, 0.2) is 54.3 Å². The van der Waals surface area contributed by atoms with E-state index in [4.69, 9.17) is 18.9 Å². The number of benzene rings is 1. The van der Waals surface area contributed by atoms with E-state index in [2.05, 4.69) is 0 Å². The highest BCUT2D eigenvalue weighted by atomic mass is 16.8. The lowest BCUT2D eigenvalue weighted by Crippen LogP contribution is -2.61. The molecule has 12 heteroatoms. The lowest BCUT2D eigenvalue weighted by molar-refractivity contribution is -0.344. The van der Waals surface area contributed by atoms with E-state index in [1.807, 2.05) is 0 Å². The number of ether oxygens (including phenoxy) is 4. The van der Waals surface area contributed by atoms with E-state index in [0.717, 1.165) is 12.3 Å². The molecule has 4 rings (SSSR count). The van der Waals surface area contributed by atoms with Crippen molar-refractivity contribution in [3.8, 4) is 5.75 Å². The van der Waals surface area contributed by atoms with Crippen molar-refractivity contribution in [3.63, 3.8) is 0 Å². The molecule has 196 valence electrons. The standard InChI is InChI=1S/C24H28O12/c25-10-13-9-16(35-17(28)6-3-12-1-4-14(27)5-2-12)24(32)7-8-33-22(18(13)24)36-23-21(31)20(30)19(29)15(11-26)34-23/h1-9,15-16,18-23,25-27,29-32H,10-11H2/b6-3+/t15-,16+,18-,19+,20-,21-,22-,23-,24-/m0/s1. The van der Waals surface area contributed by atoms with Gasteiger partial charge in [0.05, 0.1) is 25.4 Å². The summed E-state index contributed by atoms with van der Waals surface area (Å²) < 4.78 is 21.9. The van der Waals surface area contributed by atoms with E-state index in [9.17, 15) is 40.5 Å². The molecule has 0 radical (unpaired) electrons. The summed E-state index contributed by atoms with van der Waals surface area (Å²) in [7, 11) is 0. The SMILES string of the molecule is O=C(/C=C/c1ccc(O)cc1)O[C@@H]1C=C(CO)[C@H]2[C@H](O[C@@H]3O[C@@H](CO)[C@@H](O)[C@H](O)[C@@H]3O)OC=C[C@]12O. The van der Waals surface area contributed by atoms with Crippen LogP contribution in [0.1, 0.15) is 5.56 Å². The first-order chi connectivity index (χ1) is 17.2. The van der Waals surface area contributed by atoms with Gasteiger partial charge >= 0.3 is 5.97 Å². The zero-order chi connectivity index (χ0) is 26.0. The van der Waals surface area contributed by atoms with E-state index < -0.39 is 73.8 Å². The molecule has 1 aromatic rings. The van der Waals surface area contributed by atoms with Gasteiger partial charge in [0.1, 0.15) is 35.8 Å². The second-order valence-electron chi connectivity index (χ2n) is 8.69. The van der Waals surface area contributed by atoms with E-state index in [0.29, 0.717) is 5.56 Å². The van der Waals surface area contributed by atoms with Crippen LogP contribution in [0.3, 0.4) is 0 Å². The topological polar surface area (TPSA) is 196 Å². The van der Waals surface area contributed by atoms with Gasteiger partial charge in [-0.3, -0.25) is 0 Å². The predicted molar refractivity (Wildman–Crippen MR) is 119 cm³/mol.